The quantitative estimate of drug-likeness (QED) is 0.370. The van der Waals surface area contributed by atoms with Crippen molar-refractivity contribution in [2.24, 2.45) is 0 Å². The lowest BCUT2D eigenvalue weighted by molar-refractivity contribution is 0.852. The molecular weight excluding hydrogens is 297 g/mol. The average Bonchev–Trinajstić information content (AvgIpc) is 2.33. The lowest BCUT2D eigenvalue weighted by atomic mass is 11.6. The smallest absolute Gasteiger partial charge is 0.171 e. The molecule has 16 heavy (non-hydrogen) atoms. The van der Waals surface area contributed by atoms with Crippen molar-refractivity contribution in [2.45, 2.75) is 17.0 Å². The van der Waals surface area contributed by atoms with Gasteiger partial charge in [-0.15, -0.1) is 0 Å². The van der Waals surface area contributed by atoms with E-state index in [0.29, 0.717) is 0 Å². The maximum atomic E-state index is 3.67. The van der Waals surface area contributed by atoms with Gasteiger partial charge in [-0.05, 0) is 38.1 Å². The van der Waals surface area contributed by atoms with E-state index < -0.39 is 27.4 Å². The first-order valence-electron chi connectivity index (χ1n) is 6.49. The molecule has 0 aliphatic heterocycles. The van der Waals surface area contributed by atoms with Crippen molar-refractivity contribution in [2.75, 3.05) is 21.1 Å². The SMILES string of the molecule is CN[SiH](C[SiH3])N([SiH](C[SiH3])NC)[SiH](C[SiH3])NC. The molecule has 0 rings (SSSR count). The summed E-state index contributed by atoms with van der Waals surface area (Å²) in [5.41, 5.74) is 4.45. The zero-order valence-electron chi connectivity index (χ0n) is 11.8. The van der Waals surface area contributed by atoms with Crippen LogP contribution in [0.15, 0.2) is 0 Å². The fourth-order valence-corrected chi connectivity index (χ4v) is 32.5. The van der Waals surface area contributed by atoms with E-state index in [-0.39, 0.29) is 0 Å². The molecule has 3 unspecified atom stereocenters. The van der Waals surface area contributed by atoms with Gasteiger partial charge in [0.2, 0.25) is 0 Å². The van der Waals surface area contributed by atoms with Gasteiger partial charge in [0.1, 0.15) is 0 Å². The predicted octanol–water partition coefficient (Wildman–Crippen LogP) is -5.42. The summed E-state index contributed by atoms with van der Waals surface area (Å²) in [6.45, 7) is 0. The lowest BCUT2D eigenvalue weighted by Gasteiger charge is -2.40. The minimum Gasteiger partial charge on any atom is -0.340 e. The first-order valence-corrected chi connectivity index (χ1v) is 16.5. The Morgan fingerprint density at radius 3 is 1.12 bits per heavy atom. The Balaban J connectivity index is 4.84. The molecule has 0 aromatic carbocycles. The normalized spacial score (nSPS) is 18.0. The summed E-state index contributed by atoms with van der Waals surface area (Å²) in [7, 11) is 8.19. The van der Waals surface area contributed by atoms with Crippen LogP contribution < -0.4 is 14.9 Å². The minimum absolute atomic E-state index is 0.805. The molecular formula is C6H30N4Si6. The second-order valence-electron chi connectivity index (χ2n) is 4.09. The molecule has 3 atom stereocenters. The molecule has 98 valence electrons. The zero-order valence-corrected chi connectivity index (χ0v) is 21.3. The highest BCUT2D eigenvalue weighted by atomic mass is 28.4. The summed E-state index contributed by atoms with van der Waals surface area (Å²) in [5.74, 6) is 0. The van der Waals surface area contributed by atoms with E-state index in [2.05, 4.69) is 40.0 Å². The number of hydrogen-bond acceptors (Lipinski definition) is 4. The molecule has 0 amide bonds. The van der Waals surface area contributed by atoms with Crippen molar-refractivity contribution in [3.8, 4) is 0 Å². The fourth-order valence-electron chi connectivity index (χ4n) is 2.34. The molecule has 0 saturated carbocycles. The first-order chi connectivity index (χ1) is 7.69. The Kier molecular flexibility index (Phi) is 10.8. The van der Waals surface area contributed by atoms with E-state index >= 15 is 0 Å². The van der Waals surface area contributed by atoms with Gasteiger partial charge in [-0.25, -0.2) is 0 Å². The summed E-state index contributed by atoms with van der Waals surface area (Å²) in [4.78, 5) is 11.0. The summed E-state index contributed by atoms with van der Waals surface area (Å²) in [6, 6.07) is 0. The Morgan fingerprint density at radius 2 is 1.00 bits per heavy atom. The van der Waals surface area contributed by atoms with Gasteiger partial charge < -0.3 is 18.8 Å². The molecule has 0 fully saturated rings. The van der Waals surface area contributed by atoms with Crippen molar-refractivity contribution in [1.82, 2.24) is 18.8 Å². The van der Waals surface area contributed by atoms with Gasteiger partial charge in [0.05, 0.1) is 0 Å². The highest BCUT2D eigenvalue weighted by molar-refractivity contribution is 6.88. The minimum atomic E-state index is -0.805. The first kappa shape index (κ1) is 17.1. The predicted molar refractivity (Wildman–Crippen MR) is 94.7 cm³/mol. The molecule has 10 heteroatoms. The van der Waals surface area contributed by atoms with Crippen molar-refractivity contribution < 1.29 is 0 Å². The lowest BCUT2D eigenvalue weighted by Crippen LogP contribution is -2.69. The third-order valence-corrected chi connectivity index (χ3v) is 23.2. The van der Waals surface area contributed by atoms with E-state index in [0.717, 1.165) is 0 Å². The number of rotatable bonds is 9. The van der Waals surface area contributed by atoms with Crippen LogP contribution >= 0.6 is 0 Å². The van der Waals surface area contributed by atoms with Crippen LogP contribution in [-0.2, 0) is 0 Å². The monoisotopic (exact) mass is 326 g/mol. The van der Waals surface area contributed by atoms with E-state index in [1.165, 1.54) is 47.7 Å². The molecule has 3 N–H and O–H groups in total. The van der Waals surface area contributed by atoms with Crippen LogP contribution in [0.1, 0.15) is 0 Å². The van der Waals surface area contributed by atoms with Gasteiger partial charge in [0, 0.05) is 30.7 Å². The molecule has 0 spiro atoms. The Hall–Kier alpha value is 1.14. The van der Waals surface area contributed by atoms with Crippen LogP contribution in [0.2, 0.25) is 17.0 Å². The topological polar surface area (TPSA) is 39.3 Å². The molecule has 4 nitrogen and oxygen atoms in total. The maximum absolute atomic E-state index is 3.67. The zero-order chi connectivity index (χ0) is 12.6. The second kappa shape index (κ2) is 10.1. The largest absolute Gasteiger partial charge is 0.340 e. The highest BCUT2D eigenvalue weighted by Crippen LogP contribution is 2.05. The second-order valence-corrected chi connectivity index (χ2v) is 22.3. The molecule has 0 aromatic rings. The third kappa shape index (κ3) is 4.79. The summed E-state index contributed by atoms with van der Waals surface area (Å²) >= 11 is 0. The van der Waals surface area contributed by atoms with Crippen LogP contribution in [0.25, 0.3) is 0 Å². The number of hydrogen-bond donors (Lipinski definition) is 3. The van der Waals surface area contributed by atoms with Crippen molar-refractivity contribution in [1.29, 1.82) is 0 Å². The standard InChI is InChI=1S/C6H30N4Si6/c1-7-14(4-11)10(15(5-12)8-2)16(6-13)9-3/h7-9,14-16H,4-6H2,1-3,11-13H3. The van der Waals surface area contributed by atoms with Crippen molar-refractivity contribution in [3.05, 3.63) is 0 Å². The van der Waals surface area contributed by atoms with Crippen LogP contribution in [0.3, 0.4) is 0 Å². The van der Waals surface area contributed by atoms with E-state index in [1.807, 2.05) is 0 Å². The van der Waals surface area contributed by atoms with E-state index in [9.17, 15) is 0 Å². The highest BCUT2D eigenvalue weighted by Gasteiger charge is 2.30. The van der Waals surface area contributed by atoms with Gasteiger partial charge in [-0.3, -0.25) is 0 Å². The Bertz CT molecular complexity index is 135. The fraction of sp³-hybridized carbons (Fsp3) is 1.00. The van der Waals surface area contributed by atoms with Gasteiger partial charge in [-0.1, -0.05) is 0 Å². The number of nitrogens with one attached hydrogen (secondary N) is 3. The average molecular weight is 327 g/mol. The van der Waals surface area contributed by atoms with Crippen LogP contribution in [0, 0.1) is 0 Å². The summed E-state index contributed by atoms with van der Waals surface area (Å²) in [5, 5.41) is 0. The molecule has 0 heterocycles. The van der Waals surface area contributed by atoms with Crippen LogP contribution in [0.5, 0.6) is 0 Å². The molecule has 0 saturated heterocycles. The van der Waals surface area contributed by atoms with Gasteiger partial charge in [0.15, 0.2) is 27.4 Å². The van der Waals surface area contributed by atoms with Crippen LogP contribution in [0.4, 0.5) is 0 Å². The molecule has 0 aliphatic carbocycles. The van der Waals surface area contributed by atoms with Gasteiger partial charge in [-0.2, -0.15) is 0 Å². The van der Waals surface area contributed by atoms with E-state index in [1.54, 1.807) is 0 Å². The van der Waals surface area contributed by atoms with Gasteiger partial charge in [0.25, 0.3) is 0 Å². The number of nitrogens with zero attached hydrogens (tertiary/aromatic N) is 1. The third-order valence-electron chi connectivity index (χ3n) is 3.24. The molecule has 0 radical (unpaired) electrons. The summed E-state index contributed by atoms with van der Waals surface area (Å²) < 4.78 is 3.02. The van der Waals surface area contributed by atoms with Crippen molar-refractivity contribution in [3.63, 3.8) is 0 Å². The summed E-state index contributed by atoms with van der Waals surface area (Å²) in [6.07, 6.45) is 0. The maximum Gasteiger partial charge on any atom is 0.171 e. The Morgan fingerprint density at radius 1 is 0.750 bits per heavy atom. The van der Waals surface area contributed by atoms with Gasteiger partial charge >= 0.3 is 0 Å². The van der Waals surface area contributed by atoms with Crippen LogP contribution in [-0.4, -0.2) is 83.1 Å². The Labute approximate surface area is 115 Å². The molecule has 0 aliphatic rings. The van der Waals surface area contributed by atoms with Crippen molar-refractivity contribution >= 4 is 58.1 Å². The molecule has 0 aromatic heterocycles. The van der Waals surface area contributed by atoms with E-state index in [4.69, 9.17) is 0 Å². The molecule has 0 bridgehead atoms.